The number of nitrogens with two attached hydrogens (primary N) is 1. The van der Waals surface area contributed by atoms with Crippen molar-refractivity contribution in [1.82, 2.24) is 9.80 Å². The van der Waals surface area contributed by atoms with Gasteiger partial charge in [0.05, 0.1) is 11.1 Å². The van der Waals surface area contributed by atoms with Gasteiger partial charge in [0, 0.05) is 31.7 Å². The van der Waals surface area contributed by atoms with E-state index in [-0.39, 0.29) is 30.0 Å². The number of nitrogens with zero attached hydrogens (tertiary/aromatic N) is 2. The SMILES string of the molecule is NC(=O)c1c(OC(=O)N2CCCN(C(=O)c3ccc(C(F)(F)F)cc3)CC2)ccc2ccccc12. The number of alkyl halides is 3. The second-order valence-corrected chi connectivity index (χ2v) is 8.10. The minimum absolute atomic E-state index is 0.0446. The van der Waals surface area contributed by atoms with E-state index < -0.39 is 29.6 Å². The summed E-state index contributed by atoms with van der Waals surface area (Å²) in [6.07, 6.45) is -4.72. The van der Waals surface area contributed by atoms with Gasteiger partial charge < -0.3 is 20.3 Å². The fourth-order valence-electron chi connectivity index (χ4n) is 4.04. The fraction of sp³-hybridized carbons (Fsp3) is 0.240. The molecule has 0 saturated carbocycles. The van der Waals surface area contributed by atoms with Gasteiger partial charge in [-0.1, -0.05) is 30.3 Å². The van der Waals surface area contributed by atoms with Crippen molar-refractivity contribution in [3.63, 3.8) is 0 Å². The molecule has 10 heteroatoms. The molecule has 182 valence electrons. The Kier molecular flexibility index (Phi) is 6.63. The van der Waals surface area contributed by atoms with Crippen molar-refractivity contribution in [3.8, 4) is 5.75 Å². The first kappa shape index (κ1) is 24.1. The third kappa shape index (κ3) is 5.21. The molecule has 1 aliphatic rings. The highest BCUT2D eigenvalue weighted by molar-refractivity contribution is 6.09. The number of primary amides is 1. The molecule has 4 rings (SSSR count). The van der Waals surface area contributed by atoms with Crippen LogP contribution in [0.5, 0.6) is 5.75 Å². The van der Waals surface area contributed by atoms with E-state index in [9.17, 15) is 27.6 Å². The Hall–Kier alpha value is -4.08. The summed E-state index contributed by atoms with van der Waals surface area (Å²) in [4.78, 5) is 40.6. The number of amides is 3. The predicted octanol–water partition coefficient (Wildman–Crippen LogP) is 4.30. The van der Waals surface area contributed by atoms with Crippen LogP contribution in [-0.4, -0.2) is 53.9 Å². The monoisotopic (exact) mass is 485 g/mol. The van der Waals surface area contributed by atoms with E-state index in [1.165, 1.54) is 15.9 Å². The first-order valence-electron chi connectivity index (χ1n) is 10.9. The average Bonchev–Trinajstić information content (AvgIpc) is 3.09. The zero-order valence-electron chi connectivity index (χ0n) is 18.5. The second kappa shape index (κ2) is 9.65. The molecule has 0 unspecified atom stereocenters. The minimum atomic E-state index is -4.48. The lowest BCUT2D eigenvalue weighted by Gasteiger charge is -2.22. The molecule has 3 aromatic carbocycles. The number of fused-ring (bicyclic) bond motifs is 1. The molecular weight excluding hydrogens is 463 g/mol. The molecule has 3 aromatic rings. The minimum Gasteiger partial charge on any atom is -0.409 e. The molecule has 3 amide bonds. The number of ether oxygens (including phenoxy) is 1. The smallest absolute Gasteiger partial charge is 0.409 e. The summed E-state index contributed by atoms with van der Waals surface area (Å²) in [5.74, 6) is -1.10. The molecule has 1 heterocycles. The van der Waals surface area contributed by atoms with Crippen LogP contribution in [0.1, 0.15) is 32.7 Å². The first-order chi connectivity index (χ1) is 16.6. The lowest BCUT2D eigenvalue weighted by molar-refractivity contribution is -0.137. The lowest BCUT2D eigenvalue weighted by atomic mass is 10.0. The molecule has 0 atom stereocenters. The molecule has 0 radical (unpaired) electrons. The lowest BCUT2D eigenvalue weighted by Crippen LogP contribution is -2.38. The zero-order chi connectivity index (χ0) is 25.2. The molecule has 0 aromatic heterocycles. The van der Waals surface area contributed by atoms with Gasteiger partial charge in [-0.05, 0) is 47.5 Å². The molecule has 2 N–H and O–H groups in total. The van der Waals surface area contributed by atoms with Gasteiger partial charge >= 0.3 is 12.3 Å². The van der Waals surface area contributed by atoms with E-state index >= 15 is 0 Å². The Bertz CT molecular complexity index is 1280. The van der Waals surface area contributed by atoms with E-state index in [4.69, 9.17) is 10.5 Å². The van der Waals surface area contributed by atoms with Crippen LogP contribution in [0.15, 0.2) is 60.7 Å². The Labute approximate surface area is 198 Å². The maximum Gasteiger partial charge on any atom is 0.416 e. The highest BCUT2D eigenvalue weighted by Gasteiger charge is 2.31. The van der Waals surface area contributed by atoms with E-state index in [1.54, 1.807) is 18.2 Å². The molecule has 0 spiro atoms. The average molecular weight is 485 g/mol. The number of carbonyl (C=O) groups excluding carboxylic acids is 3. The summed E-state index contributed by atoms with van der Waals surface area (Å²) in [6, 6.07) is 14.3. The van der Waals surface area contributed by atoms with Crippen LogP contribution in [0, 0.1) is 0 Å². The van der Waals surface area contributed by atoms with Gasteiger partial charge in [0.15, 0.2) is 0 Å². The largest absolute Gasteiger partial charge is 0.416 e. The number of rotatable bonds is 3. The van der Waals surface area contributed by atoms with Crippen LogP contribution in [0.25, 0.3) is 10.8 Å². The molecule has 0 aliphatic carbocycles. The van der Waals surface area contributed by atoms with Crippen molar-refractivity contribution in [2.45, 2.75) is 12.6 Å². The van der Waals surface area contributed by atoms with Gasteiger partial charge in [-0.2, -0.15) is 13.2 Å². The Morgan fingerprint density at radius 3 is 2.17 bits per heavy atom. The quantitative estimate of drug-likeness (QED) is 0.599. The van der Waals surface area contributed by atoms with Gasteiger partial charge in [0.25, 0.3) is 11.8 Å². The third-order valence-electron chi connectivity index (χ3n) is 5.83. The maximum absolute atomic E-state index is 12.9. The van der Waals surface area contributed by atoms with Crippen molar-refractivity contribution in [2.24, 2.45) is 5.73 Å². The summed E-state index contributed by atoms with van der Waals surface area (Å²) < 4.78 is 43.9. The van der Waals surface area contributed by atoms with Crippen LogP contribution in [0.4, 0.5) is 18.0 Å². The molecule has 0 bridgehead atoms. The number of carbonyl (C=O) groups is 3. The van der Waals surface area contributed by atoms with E-state index in [1.807, 2.05) is 12.1 Å². The van der Waals surface area contributed by atoms with E-state index in [0.717, 1.165) is 29.7 Å². The number of hydrogen-bond donors (Lipinski definition) is 1. The van der Waals surface area contributed by atoms with Crippen LogP contribution < -0.4 is 10.5 Å². The predicted molar refractivity (Wildman–Crippen MR) is 122 cm³/mol. The van der Waals surface area contributed by atoms with E-state index in [0.29, 0.717) is 24.9 Å². The first-order valence-corrected chi connectivity index (χ1v) is 10.9. The normalized spacial score (nSPS) is 14.5. The second-order valence-electron chi connectivity index (χ2n) is 8.10. The molecule has 7 nitrogen and oxygen atoms in total. The molecule has 1 fully saturated rings. The number of benzene rings is 3. The van der Waals surface area contributed by atoms with Crippen LogP contribution in [-0.2, 0) is 6.18 Å². The summed E-state index contributed by atoms with van der Waals surface area (Å²) >= 11 is 0. The summed E-state index contributed by atoms with van der Waals surface area (Å²) in [7, 11) is 0. The Balaban J connectivity index is 1.44. The van der Waals surface area contributed by atoms with Crippen molar-refractivity contribution < 1.29 is 32.3 Å². The highest BCUT2D eigenvalue weighted by Crippen LogP contribution is 2.30. The van der Waals surface area contributed by atoms with Gasteiger partial charge in [-0.15, -0.1) is 0 Å². The number of halogens is 3. The van der Waals surface area contributed by atoms with Crippen LogP contribution >= 0.6 is 0 Å². The van der Waals surface area contributed by atoms with Crippen molar-refractivity contribution >= 4 is 28.7 Å². The third-order valence-corrected chi connectivity index (χ3v) is 5.83. The standard InChI is InChI=1S/C25H22F3N3O4/c26-25(27,28)18-9-6-17(7-10-18)23(33)30-12-3-13-31(15-14-30)24(34)35-20-11-8-16-4-1-2-5-19(16)21(20)22(29)32/h1-2,4-11H,3,12-15H2,(H2,29,32). The van der Waals surface area contributed by atoms with Crippen molar-refractivity contribution in [1.29, 1.82) is 0 Å². The molecular formula is C25H22F3N3O4. The van der Waals surface area contributed by atoms with Gasteiger partial charge in [-0.25, -0.2) is 4.79 Å². The summed E-state index contributed by atoms with van der Waals surface area (Å²) in [6.45, 7) is 0.960. The molecule has 1 saturated heterocycles. The Morgan fingerprint density at radius 1 is 0.829 bits per heavy atom. The van der Waals surface area contributed by atoms with Crippen molar-refractivity contribution in [2.75, 3.05) is 26.2 Å². The summed E-state index contributed by atoms with van der Waals surface area (Å²) in [5, 5.41) is 1.34. The molecule has 35 heavy (non-hydrogen) atoms. The zero-order valence-corrected chi connectivity index (χ0v) is 18.5. The highest BCUT2D eigenvalue weighted by atomic mass is 19.4. The summed E-state index contributed by atoms with van der Waals surface area (Å²) in [5.41, 5.74) is 4.96. The van der Waals surface area contributed by atoms with Gasteiger partial charge in [-0.3, -0.25) is 9.59 Å². The number of hydrogen-bond acceptors (Lipinski definition) is 4. The van der Waals surface area contributed by atoms with Crippen molar-refractivity contribution in [3.05, 3.63) is 77.4 Å². The van der Waals surface area contributed by atoms with E-state index in [2.05, 4.69) is 0 Å². The maximum atomic E-state index is 12.9. The van der Waals surface area contributed by atoms with Gasteiger partial charge in [0.2, 0.25) is 0 Å². The van der Waals surface area contributed by atoms with Crippen LogP contribution in [0.3, 0.4) is 0 Å². The van der Waals surface area contributed by atoms with Crippen LogP contribution in [0.2, 0.25) is 0 Å². The fourth-order valence-corrected chi connectivity index (χ4v) is 4.04. The topological polar surface area (TPSA) is 92.9 Å². The van der Waals surface area contributed by atoms with Gasteiger partial charge in [0.1, 0.15) is 5.75 Å². The Morgan fingerprint density at radius 2 is 1.49 bits per heavy atom. The molecule has 1 aliphatic heterocycles.